The summed E-state index contributed by atoms with van der Waals surface area (Å²) in [5, 5.41) is 1.74. The largest absolute Gasteiger partial charge is 0.497 e. The molecule has 1 amide bonds. The molecule has 2 aromatic rings. The molecule has 1 aliphatic heterocycles. The number of carbonyl (C=O) groups excluding carboxylic acids is 2. The van der Waals surface area contributed by atoms with Crippen LogP contribution in [0.15, 0.2) is 54.6 Å². The lowest BCUT2D eigenvalue weighted by Crippen LogP contribution is -2.54. The van der Waals surface area contributed by atoms with Crippen LogP contribution in [0, 0.1) is 5.92 Å². The number of halogens is 1. The molecule has 0 aromatic heterocycles. The third-order valence-electron chi connectivity index (χ3n) is 6.13. The zero-order valence-corrected chi connectivity index (χ0v) is 19.1. The molecule has 1 aliphatic carbocycles. The first-order valence-corrected chi connectivity index (χ1v) is 10.5. The maximum absolute atomic E-state index is 13.0. The first-order valence-electron chi connectivity index (χ1n) is 10.5. The second kappa shape index (κ2) is 10.8. The van der Waals surface area contributed by atoms with Crippen molar-refractivity contribution in [3.05, 3.63) is 65.7 Å². The molecule has 7 nitrogen and oxygen atoms in total. The summed E-state index contributed by atoms with van der Waals surface area (Å²) in [5.74, 6) is 0.103. The average Bonchev–Trinajstić information content (AvgIpc) is 3.55. The second-order valence-electron chi connectivity index (χ2n) is 8.02. The summed E-state index contributed by atoms with van der Waals surface area (Å²) in [7, 11) is 3.25. The van der Waals surface area contributed by atoms with Crippen molar-refractivity contribution in [3.63, 3.8) is 0 Å². The molecule has 0 radical (unpaired) electrons. The summed E-state index contributed by atoms with van der Waals surface area (Å²) >= 11 is 0. The summed E-state index contributed by atoms with van der Waals surface area (Å²) < 4.78 is 10.8. The van der Waals surface area contributed by atoms with Crippen molar-refractivity contribution in [1.82, 2.24) is 9.96 Å². The Kier molecular flexibility index (Phi) is 8.12. The third-order valence-corrected chi connectivity index (χ3v) is 6.13. The minimum Gasteiger partial charge on any atom is -0.497 e. The van der Waals surface area contributed by atoms with E-state index in [1.807, 2.05) is 54.6 Å². The topological polar surface area (TPSA) is 68.3 Å². The van der Waals surface area contributed by atoms with E-state index >= 15 is 0 Å². The fourth-order valence-corrected chi connectivity index (χ4v) is 4.39. The molecule has 1 heterocycles. The van der Waals surface area contributed by atoms with E-state index in [9.17, 15) is 9.59 Å². The van der Waals surface area contributed by atoms with Gasteiger partial charge in [-0.15, -0.1) is 17.5 Å². The van der Waals surface area contributed by atoms with Gasteiger partial charge in [0.15, 0.2) is 0 Å². The van der Waals surface area contributed by atoms with E-state index in [4.69, 9.17) is 14.3 Å². The smallest absolute Gasteiger partial charge is 0.331 e. The predicted molar refractivity (Wildman–Crippen MR) is 122 cm³/mol. The number of ether oxygens (including phenoxy) is 2. The van der Waals surface area contributed by atoms with Crippen LogP contribution in [0.1, 0.15) is 17.0 Å². The van der Waals surface area contributed by atoms with Crippen LogP contribution >= 0.6 is 12.4 Å². The molecular weight excluding hydrogens is 432 g/mol. The zero-order chi connectivity index (χ0) is 21.8. The average molecular weight is 461 g/mol. The van der Waals surface area contributed by atoms with Crippen molar-refractivity contribution in [2.75, 3.05) is 33.9 Å². The van der Waals surface area contributed by atoms with Crippen molar-refractivity contribution in [1.29, 1.82) is 0 Å². The third kappa shape index (κ3) is 5.23. The Morgan fingerprint density at radius 3 is 2.41 bits per heavy atom. The van der Waals surface area contributed by atoms with Gasteiger partial charge in [-0.25, -0.2) is 4.79 Å². The number of methoxy groups -OCH3 is 2. The summed E-state index contributed by atoms with van der Waals surface area (Å²) in [6.45, 7) is 1.54. The van der Waals surface area contributed by atoms with Crippen LogP contribution in [-0.2, 0) is 25.6 Å². The molecule has 4 unspecified atom stereocenters. The van der Waals surface area contributed by atoms with Gasteiger partial charge in [0, 0.05) is 26.1 Å². The molecular formula is C24H29ClN2O5. The number of hydrogen-bond donors (Lipinski definition) is 0. The fraction of sp³-hybridized carbons (Fsp3) is 0.417. The summed E-state index contributed by atoms with van der Waals surface area (Å²) in [5.41, 5.74) is 2.17. The molecule has 4 rings (SSSR count). The summed E-state index contributed by atoms with van der Waals surface area (Å²) in [6.07, 6.45) is 1.35. The second-order valence-corrected chi connectivity index (χ2v) is 8.02. The lowest BCUT2D eigenvalue weighted by molar-refractivity contribution is -0.214. The van der Waals surface area contributed by atoms with E-state index in [0.717, 1.165) is 23.3 Å². The Hall–Kier alpha value is -2.61. The minimum absolute atomic E-state index is 0. The van der Waals surface area contributed by atoms with E-state index in [-0.39, 0.29) is 42.4 Å². The van der Waals surface area contributed by atoms with E-state index in [2.05, 4.69) is 0 Å². The quantitative estimate of drug-likeness (QED) is 0.564. The number of hydroxylamine groups is 2. The number of amides is 1. The van der Waals surface area contributed by atoms with E-state index in [1.165, 1.54) is 0 Å². The van der Waals surface area contributed by atoms with Gasteiger partial charge in [-0.3, -0.25) is 4.79 Å². The van der Waals surface area contributed by atoms with Gasteiger partial charge >= 0.3 is 5.97 Å². The minimum atomic E-state index is -0.347. The Balaban J connectivity index is 0.00000289. The number of carbonyl (C=O) groups is 2. The molecule has 1 saturated heterocycles. The highest BCUT2D eigenvalue weighted by atomic mass is 35.5. The monoisotopic (exact) mass is 460 g/mol. The molecule has 2 aliphatic rings. The van der Waals surface area contributed by atoms with Gasteiger partial charge in [0.05, 0.1) is 31.7 Å². The molecule has 1 saturated carbocycles. The Bertz CT molecular complexity index is 895. The lowest BCUT2D eigenvalue weighted by Gasteiger charge is -2.38. The van der Waals surface area contributed by atoms with Crippen LogP contribution in [0.3, 0.4) is 0 Å². The SMILES string of the molecule is COc1ccc(C2C(OC)C2C(=O)ON2CCN(C=O)CC2Cc2ccccc2)cc1.Cl. The number of rotatable bonds is 8. The van der Waals surface area contributed by atoms with Crippen molar-refractivity contribution < 1.29 is 23.9 Å². The van der Waals surface area contributed by atoms with Crippen molar-refractivity contribution in [3.8, 4) is 5.75 Å². The van der Waals surface area contributed by atoms with Crippen LogP contribution in [0.2, 0.25) is 0 Å². The van der Waals surface area contributed by atoms with Gasteiger partial charge in [0.25, 0.3) is 0 Å². The van der Waals surface area contributed by atoms with Gasteiger partial charge in [0.1, 0.15) is 5.75 Å². The highest BCUT2D eigenvalue weighted by Gasteiger charge is 2.58. The van der Waals surface area contributed by atoms with Crippen molar-refractivity contribution >= 4 is 24.8 Å². The molecule has 0 bridgehead atoms. The van der Waals surface area contributed by atoms with Gasteiger partial charge in [-0.2, -0.15) is 0 Å². The number of piperazine rings is 1. The van der Waals surface area contributed by atoms with E-state index < -0.39 is 0 Å². The van der Waals surface area contributed by atoms with Crippen LogP contribution in [0.4, 0.5) is 0 Å². The van der Waals surface area contributed by atoms with Crippen molar-refractivity contribution in [2.24, 2.45) is 5.92 Å². The Morgan fingerprint density at radius 2 is 1.78 bits per heavy atom. The molecule has 32 heavy (non-hydrogen) atoms. The molecule has 2 aromatic carbocycles. The first kappa shape index (κ1) is 24.0. The summed E-state index contributed by atoms with van der Waals surface area (Å²) in [6, 6.07) is 17.6. The van der Waals surface area contributed by atoms with E-state index in [0.29, 0.717) is 26.1 Å². The van der Waals surface area contributed by atoms with E-state index in [1.54, 1.807) is 24.2 Å². The molecule has 0 N–H and O–H groups in total. The zero-order valence-electron chi connectivity index (χ0n) is 18.3. The van der Waals surface area contributed by atoms with Gasteiger partial charge < -0.3 is 19.2 Å². The lowest BCUT2D eigenvalue weighted by atomic mass is 10.0. The van der Waals surface area contributed by atoms with Gasteiger partial charge in [-0.05, 0) is 29.7 Å². The molecule has 2 fully saturated rings. The highest BCUT2D eigenvalue weighted by Crippen LogP contribution is 2.50. The standard InChI is InChI=1S/C24H28N2O5.ClH/c1-29-20-10-8-18(9-11-20)21-22(23(21)30-2)24(28)31-26-13-12-25(16-27)15-19(26)14-17-6-4-3-5-7-17;/h3-11,16,19,21-23H,12-15H2,1-2H3;1H. The Morgan fingerprint density at radius 1 is 1.06 bits per heavy atom. The molecule has 172 valence electrons. The predicted octanol–water partition coefficient (Wildman–Crippen LogP) is 2.69. The van der Waals surface area contributed by atoms with Gasteiger partial charge in [-0.1, -0.05) is 42.5 Å². The molecule has 0 spiro atoms. The maximum Gasteiger partial charge on any atom is 0.331 e. The fourth-order valence-electron chi connectivity index (χ4n) is 4.39. The summed E-state index contributed by atoms with van der Waals surface area (Å²) in [4.78, 5) is 32.0. The molecule has 4 atom stereocenters. The highest BCUT2D eigenvalue weighted by molar-refractivity contribution is 5.85. The van der Waals surface area contributed by atoms with Crippen LogP contribution in [-0.4, -0.2) is 68.3 Å². The first-order chi connectivity index (χ1) is 15.1. The maximum atomic E-state index is 13.0. The molecule has 8 heteroatoms. The van der Waals surface area contributed by atoms with Crippen LogP contribution in [0.25, 0.3) is 0 Å². The van der Waals surface area contributed by atoms with Crippen molar-refractivity contribution in [2.45, 2.75) is 24.5 Å². The van der Waals surface area contributed by atoms with Crippen LogP contribution in [0.5, 0.6) is 5.75 Å². The number of nitrogens with zero attached hydrogens (tertiary/aromatic N) is 2. The normalized spacial score (nSPS) is 24.9. The Labute approximate surface area is 194 Å². The number of hydrogen-bond acceptors (Lipinski definition) is 6. The van der Waals surface area contributed by atoms with Gasteiger partial charge in [0.2, 0.25) is 6.41 Å². The van der Waals surface area contributed by atoms with Crippen LogP contribution < -0.4 is 4.74 Å². The number of benzene rings is 2.